The summed E-state index contributed by atoms with van der Waals surface area (Å²) >= 11 is 6.59. The second kappa shape index (κ2) is 8.09. The number of thiocarbonyl (C=S) groups is 1. The molecular formula is C17H19N5OS2. The van der Waals surface area contributed by atoms with Gasteiger partial charge in [0.1, 0.15) is 0 Å². The summed E-state index contributed by atoms with van der Waals surface area (Å²) < 4.78 is 1.96. The molecule has 0 aliphatic heterocycles. The Hall–Kier alpha value is -2.45. The third-order valence-corrected chi connectivity index (χ3v) is 4.68. The lowest BCUT2D eigenvalue weighted by atomic mass is 10.2. The van der Waals surface area contributed by atoms with Crippen LogP contribution in [0.2, 0.25) is 0 Å². The average Bonchev–Trinajstić information content (AvgIpc) is 3.21. The minimum absolute atomic E-state index is 0.157. The second-order valence-electron chi connectivity index (χ2n) is 5.48. The van der Waals surface area contributed by atoms with Crippen molar-refractivity contribution in [2.45, 2.75) is 19.8 Å². The van der Waals surface area contributed by atoms with Crippen LogP contribution in [-0.4, -0.2) is 26.9 Å². The van der Waals surface area contributed by atoms with Gasteiger partial charge >= 0.3 is 0 Å². The van der Waals surface area contributed by atoms with E-state index in [4.69, 9.17) is 12.2 Å². The number of fused-ring (bicyclic) bond motifs is 1. The zero-order valence-corrected chi connectivity index (χ0v) is 15.4. The van der Waals surface area contributed by atoms with E-state index < -0.39 is 0 Å². The Balaban J connectivity index is 1.65. The van der Waals surface area contributed by atoms with Crippen LogP contribution in [0.25, 0.3) is 16.2 Å². The Bertz CT molecular complexity index is 872. The Morgan fingerprint density at radius 3 is 2.84 bits per heavy atom. The van der Waals surface area contributed by atoms with Gasteiger partial charge in [0, 0.05) is 29.4 Å². The summed E-state index contributed by atoms with van der Waals surface area (Å²) in [5.74, 6) is -0.157. The SMILES string of the molecule is CCCNC(=S)NNC(=O)Cc1csc2nc(-c3ccccc3)cn12. The van der Waals surface area contributed by atoms with Crippen LogP contribution < -0.4 is 16.2 Å². The number of benzene rings is 1. The highest BCUT2D eigenvalue weighted by molar-refractivity contribution is 7.80. The molecule has 3 N–H and O–H groups in total. The van der Waals surface area contributed by atoms with Crippen molar-refractivity contribution in [2.24, 2.45) is 0 Å². The minimum Gasteiger partial charge on any atom is -0.361 e. The molecule has 130 valence electrons. The van der Waals surface area contributed by atoms with Gasteiger partial charge in [0.15, 0.2) is 10.1 Å². The van der Waals surface area contributed by atoms with E-state index in [9.17, 15) is 4.79 Å². The van der Waals surface area contributed by atoms with Crippen molar-refractivity contribution in [3.8, 4) is 11.3 Å². The number of nitrogens with zero attached hydrogens (tertiary/aromatic N) is 2. The van der Waals surface area contributed by atoms with Crippen LogP contribution in [0.1, 0.15) is 19.0 Å². The Labute approximate surface area is 155 Å². The van der Waals surface area contributed by atoms with E-state index in [1.807, 2.05) is 53.2 Å². The van der Waals surface area contributed by atoms with E-state index in [-0.39, 0.29) is 12.3 Å². The molecule has 3 aromatic rings. The van der Waals surface area contributed by atoms with Crippen LogP contribution in [0.5, 0.6) is 0 Å². The maximum atomic E-state index is 12.1. The third kappa shape index (κ3) is 4.34. The van der Waals surface area contributed by atoms with Crippen molar-refractivity contribution < 1.29 is 4.79 Å². The van der Waals surface area contributed by atoms with Crippen LogP contribution in [0, 0.1) is 0 Å². The van der Waals surface area contributed by atoms with Gasteiger partial charge in [-0.3, -0.25) is 20.0 Å². The summed E-state index contributed by atoms with van der Waals surface area (Å²) in [7, 11) is 0. The normalized spacial score (nSPS) is 10.6. The summed E-state index contributed by atoms with van der Waals surface area (Å²) in [6.45, 7) is 2.81. The molecule has 25 heavy (non-hydrogen) atoms. The predicted octanol–water partition coefficient (Wildman–Crippen LogP) is 2.51. The van der Waals surface area contributed by atoms with Gasteiger partial charge in [-0.1, -0.05) is 37.3 Å². The van der Waals surface area contributed by atoms with Gasteiger partial charge in [0.2, 0.25) is 5.91 Å². The first-order valence-electron chi connectivity index (χ1n) is 8.01. The fourth-order valence-electron chi connectivity index (χ4n) is 2.32. The first kappa shape index (κ1) is 17.4. The molecule has 0 spiro atoms. The van der Waals surface area contributed by atoms with Crippen LogP contribution >= 0.6 is 23.6 Å². The molecule has 2 aromatic heterocycles. The number of nitrogens with one attached hydrogen (secondary N) is 3. The van der Waals surface area contributed by atoms with Crippen molar-refractivity contribution in [1.29, 1.82) is 0 Å². The Morgan fingerprint density at radius 2 is 2.08 bits per heavy atom. The highest BCUT2D eigenvalue weighted by Gasteiger charge is 2.12. The van der Waals surface area contributed by atoms with Crippen LogP contribution in [0.15, 0.2) is 41.9 Å². The number of thiazole rings is 1. The van der Waals surface area contributed by atoms with Crippen molar-refractivity contribution >= 4 is 39.5 Å². The quantitative estimate of drug-likeness (QED) is 0.474. The standard InChI is InChI=1S/C17H19N5OS2/c1-2-8-18-16(24)21-20-15(23)9-13-11-25-17-19-14(10-22(13)17)12-6-4-3-5-7-12/h3-7,10-11H,2,8-9H2,1H3,(H,20,23)(H2,18,21,24). The summed E-state index contributed by atoms with van der Waals surface area (Å²) in [6.07, 6.45) is 3.17. The number of aromatic nitrogens is 2. The Morgan fingerprint density at radius 1 is 1.28 bits per heavy atom. The summed E-state index contributed by atoms with van der Waals surface area (Å²) in [4.78, 5) is 17.6. The molecule has 2 heterocycles. The number of amides is 1. The van der Waals surface area contributed by atoms with Crippen LogP contribution in [-0.2, 0) is 11.2 Å². The fourth-order valence-corrected chi connectivity index (χ4v) is 3.35. The molecule has 0 bridgehead atoms. The summed E-state index contributed by atoms with van der Waals surface area (Å²) in [5.41, 5.74) is 8.17. The lowest BCUT2D eigenvalue weighted by molar-refractivity contribution is -0.121. The van der Waals surface area contributed by atoms with Gasteiger partial charge in [-0.15, -0.1) is 11.3 Å². The first-order valence-corrected chi connectivity index (χ1v) is 9.29. The van der Waals surface area contributed by atoms with Gasteiger partial charge in [-0.2, -0.15) is 0 Å². The summed E-state index contributed by atoms with van der Waals surface area (Å²) in [5, 5.41) is 5.36. The van der Waals surface area contributed by atoms with Crippen molar-refractivity contribution in [1.82, 2.24) is 25.6 Å². The maximum absolute atomic E-state index is 12.1. The minimum atomic E-state index is -0.157. The van der Waals surface area contributed by atoms with Gasteiger partial charge in [0.05, 0.1) is 12.1 Å². The highest BCUT2D eigenvalue weighted by atomic mass is 32.1. The molecule has 0 aliphatic carbocycles. The number of imidazole rings is 1. The lowest BCUT2D eigenvalue weighted by Crippen LogP contribution is -2.47. The zero-order valence-electron chi connectivity index (χ0n) is 13.8. The molecule has 8 heteroatoms. The van der Waals surface area contributed by atoms with E-state index in [2.05, 4.69) is 21.2 Å². The lowest BCUT2D eigenvalue weighted by Gasteiger charge is -2.10. The number of rotatable bonds is 5. The summed E-state index contributed by atoms with van der Waals surface area (Å²) in [6, 6.07) is 9.99. The molecule has 1 aromatic carbocycles. The monoisotopic (exact) mass is 373 g/mol. The fraction of sp³-hybridized carbons (Fsp3) is 0.235. The number of hydrogen-bond donors (Lipinski definition) is 3. The molecule has 0 fully saturated rings. The van der Waals surface area contributed by atoms with Crippen LogP contribution in [0.4, 0.5) is 0 Å². The van der Waals surface area contributed by atoms with E-state index in [0.29, 0.717) is 5.11 Å². The van der Waals surface area contributed by atoms with E-state index in [0.717, 1.165) is 34.9 Å². The molecular weight excluding hydrogens is 354 g/mol. The van der Waals surface area contributed by atoms with Crippen molar-refractivity contribution in [3.63, 3.8) is 0 Å². The topological polar surface area (TPSA) is 70.5 Å². The maximum Gasteiger partial charge on any atom is 0.244 e. The molecule has 1 amide bonds. The number of hydrazine groups is 1. The van der Waals surface area contributed by atoms with E-state index in [1.54, 1.807) is 0 Å². The Kier molecular flexibility index (Phi) is 5.62. The van der Waals surface area contributed by atoms with Crippen molar-refractivity contribution in [3.05, 3.63) is 47.6 Å². The first-order chi connectivity index (χ1) is 12.2. The van der Waals surface area contributed by atoms with Crippen LogP contribution in [0.3, 0.4) is 0 Å². The van der Waals surface area contributed by atoms with Crippen molar-refractivity contribution in [2.75, 3.05) is 6.54 Å². The second-order valence-corrected chi connectivity index (χ2v) is 6.72. The molecule has 0 atom stereocenters. The van der Waals surface area contributed by atoms with Gasteiger partial charge in [-0.05, 0) is 18.6 Å². The molecule has 0 unspecified atom stereocenters. The van der Waals surface area contributed by atoms with Gasteiger partial charge < -0.3 is 5.32 Å². The molecule has 0 radical (unpaired) electrons. The molecule has 0 saturated carbocycles. The average molecular weight is 374 g/mol. The van der Waals surface area contributed by atoms with E-state index in [1.165, 1.54) is 11.3 Å². The molecule has 6 nitrogen and oxygen atoms in total. The third-order valence-electron chi connectivity index (χ3n) is 3.55. The molecule has 3 rings (SSSR count). The smallest absolute Gasteiger partial charge is 0.244 e. The molecule has 0 aliphatic rings. The predicted molar refractivity (Wildman–Crippen MR) is 104 cm³/mol. The number of carbonyl (C=O) groups is 1. The largest absolute Gasteiger partial charge is 0.361 e. The zero-order chi connectivity index (χ0) is 17.6. The highest BCUT2D eigenvalue weighted by Crippen LogP contribution is 2.23. The molecule has 0 saturated heterocycles. The van der Waals surface area contributed by atoms with Gasteiger partial charge in [0.25, 0.3) is 0 Å². The number of hydrogen-bond acceptors (Lipinski definition) is 4. The van der Waals surface area contributed by atoms with E-state index >= 15 is 0 Å². The van der Waals surface area contributed by atoms with Gasteiger partial charge in [-0.25, -0.2) is 4.98 Å². The number of carbonyl (C=O) groups excluding carboxylic acids is 1.